The molecule has 2 unspecified atom stereocenters. The van der Waals surface area contributed by atoms with Crippen molar-refractivity contribution in [2.75, 3.05) is 14.7 Å². The van der Waals surface area contributed by atoms with E-state index >= 15 is 0 Å². The van der Waals surface area contributed by atoms with Crippen LogP contribution in [0.25, 0.3) is 22.3 Å². The molecule has 2 atom stereocenters. The molecule has 3 heterocycles. The van der Waals surface area contributed by atoms with Gasteiger partial charge in [-0.25, -0.2) is 0 Å². The van der Waals surface area contributed by atoms with Crippen LogP contribution in [-0.2, 0) is 16.2 Å². The number of hydrogen-bond donors (Lipinski definition) is 0. The number of benzene rings is 7. The molecular weight excluding hydrogens is 773 g/mol. The third kappa shape index (κ3) is 4.74. The molecule has 7 aromatic rings. The van der Waals surface area contributed by atoms with E-state index < -0.39 is 0 Å². The first-order valence-electron chi connectivity index (χ1n) is 23.6. The van der Waals surface area contributed by atoms with Crippen molar-refractivity contribution in [3.63, 3.8) is 0 Å². The van der Waals surface area contributed by atoms with E-state index in [2.05, 4.69) is 226 Å². The molecule has 7 aromatic carbocycles. The summed E-state index contributed by atoms with van der Waals surface area (Å²) in [6.45, 7) is 15.1. The molecule has 3 aliphatic carbocycles. The van der Waals surface area contributed by atoms with Gasteiger partial charge in [0, 0.05) is 67.3 Å². The van der Waals surface area contributed by atoms with Gasteiger partial charge in [-0.05, 0) is 107 Å². The van der Waals surface area contributed by atoms with E-state index in [1.165, 1.54) is 120 Å². The van der Waals surface area contributed by atoms with Gasteiger partial charge in [0.15, 0.2) is 0 Å². The number of nitrogens with zero attached hydrogens (tertiary/aromatic N) is 3. The molecule has 13 rings (SSSR count). The molecule has 0 aromatic heterocycles. The Labute approximate surface area is 379 Å². The zero-order valence-electron chi connectivity index (χ0n) is 37.9. The summed E-state index contributed by atoms with van der Waals surface area (Å²) in [6.07, 6.45) is 4.83. The van der Waals surface area contributed by atoms with Gasteiger partial charge >= 0.3 is 0 Å². The van der Waals surface area contributed by atoms with Gasteiger partial charge in [-0.15, -0.1) is 0 Å². The average Bonchev–Trinajstić information content (AvgIpc) is 3.80. The maximum absolute atomic E-state index is 2.80. The van der Waals surface area contributed by atoms with Crippen LogP contribution in [0.15, 0.2) is 181 Å². The SMILES string of the molecule is CC1(C)C2=C(c3ccccc31)N(c1ccccc1)c1cc(N3c4ccccc4C4(C)CCCCC34C)cc3c1B2C1=C(N3c2cccc(-c3ccccc3)c2)C(C)(C)c2ccccc21. The summed E-state index contributed by atoms with van der Waals surface area (Å²) in [5.74, 6) is 0. The van der Waals surface area contributed by atoms with Crippen molar-refractivity contribution in [1.82, 2.24) is 0 Å². The van der Waals surface area contributed by atoms with E-state index in [0.717, 1.165) is 6.42 Å². The van der Waals surface area contributed by atoms with Crippen molar-refractivity contribution in [1.29, 1.82) is 0 Å². The monoisotopic (exact) mass is 827 g/mol. The molecule has 0 radical (unpaired) electrons. The fraction of sp³-hybridized carbons (Fsp3) is 0.233. The first-order valence-corrected chi connectivity index (χ1v) is 23.6. The van der Waals surface area contributed by atoms with Crippen LogP contribution in [0.1, 0.15) is 95.0 Å². The fourth-order valence-electron chi connectivity index (χ4n) is 13.9. The quantitative estimate of drug-likeness (QED) is 0.164. The Morgan fingerprint density at radius 3 is 1.78 bits per heavy atom. The van der Waals surface area contributed by atoms with Gasteiger partial charge in [0.2, 0.25) is 6.71 Å². The normalized spacial score (nSPS) is 22.7. The highest BCUT2D eigenvalue weighted by atomic mass is 15.3. The van der Waals surface area contributed by atoms with E-state index in [0.29, 0.717) is 0 Å². The van der Waals surface area contributed by atoms with Crippen LogP contribution in [0, 0.1) is 0 Å². The third-order valence-electron chi connectivity index (χ3n) is 16.9. The molecule has 0 N–H and O–H groups in total. The topological polar surface area (TPSA) is 9.72 Å². The minimum atomic E-state index is -0.288. The lowest BCUT2D eigenvalue weighted by Gasteiger charge is -2.51. The molecule has 0 amide bonds. The highest BCUT2D eigenvalue weighted by molar-refractivity contribution is 6.99. The highest BCUT2D eigenvalue weighted by Crippen LogP contribution is 2.65. The molecule has 4 heteroatoms. The van der Waals surface area contributed by atoms with Crippen molar-refractivity contribution in [2.24, 2.45) is 0 Å². The predicted molar refractivity (Wildman–Crippen MR) is 270 cm³/mol. The molecular formula is C60H54BN3. The van der Waals surface area contributed by atoms with Gasteiger partial charge in [0.05, 0.1) is 5.54 Å². The molecule has 6 aliphatic rings. The van der Waals surface area contributed by atoms with Crippen LogP contribution in [0.4, 0.5) is 34.1 Å². The number of para-hydroxylation sites is 2. The number of rotatable bonds is 4. The number of allylic oxidation sites excluding steroid dienone is 2. The largest absolute Gasteiger partial charge is 0.334 e. The van der Waals surface area contributed by atoms with Crippen molar-refractivity contribution >= 4 is 57.5 Å². The second-order valence-corrected chi connectivity index (χ2v) is 20.8. The lowest BCUT2D eigenvalue weighted by molar-refractivity contribution is 0.195. The first-order chi connectivity index (χ1) is 31.0. The van der Waals surface area contributed by atoms with E-state index in [-0.39, 0.29) is 28.5 Å². The lowest BCUT2D eigenvalue weighted by Crippen LogP contribution is -2.55. The Hall–Kier alpha value is -6.52. The van der Waals surface area contributed by atoms with Gasteiger partial charge in [0.1, 0.15) is 0 Å². The third-order valence-corrected chi connectivity index (χ3v) is 16.9. The molecule has 1 fully saturated rings. The van der Waals surface area contributed by atoms with Crippen molar-refractivity contribution in [3.05, 3.63) is 209 Å². The highest BCUT2D eigenvalue weighted by Gasteiger charge is 2.60. The molecule has 3 aliphatic heterocycles. The van der Waals surface area contributed by atoms with E-state index in [1.54, 1.807) is 0 Å². The summed E-state index contributed by atoms with van der Waals surface area (Å²) in [6, 6.07) is 64.7. The van der Waals surface area contributed by atoms with Gasteiger partial charge < -0.3 is 14.7 Å². The van der Waals surface area contributed by atoms with Crippen LogP contribution in [-0.4, -0.2) is 12.3 Å². The maximum atomic E-state index is 2.80. The standard InChI is InChI=1S/C60H54BN3/c1-57(2)47-31-16-14-29-45(47)54-55(57)61-52-44-28-13-15-30-46(44)58(3,4)56(52)63(42-27-21-24-40(36-42)39-22-9-7-10-23-39)51-38-43(37-50(53(51)61)62(54)41-25-11-8-12-26-41)64-49-33-18-17-32-48(49)59(5)34-19-20-35-60(59,64)6/h7-18,21-33,36-38H,19-20,34-35H2,1-6H3. The summed E-state index contributed by atoms with van der Waals surface area (Å²) in [5, 5.41) is 0. The predicted octanol–water partition coefficient (Wildman–Crippen LogP) is 14.6. The van der Waals surface area contributed by atoms with Gasteiger partial charge in [-0.2, -0.15) is 0 Å². The lowest BCUT2D eigenvalue weighted by atomic mass is 9.29. The van der Waals surface area contributed by atoms with E-state index in [1.807, 2.05) is 0 Å². The number of hydrogen-bond acceptors (Lipinski definition) is 3. The molecule has 0 saturated heterocycles. The minimum absolute atomic E-state index is 0.0230. The first kappa shape index (κ1) is 38.0. The van der Waals surface area contributed by atoms with Crippen LogP contribution < -0.4 is 20.2 Å². The summed E-state index contributed by atoms with van der Waals surface area (Å²) in [7, 11) is 0. The van der Waals surface area contributed by atoms with Crippen LogP contribution in [0.3, 0.4) is 0 Å². The zero-order valence-corrected chi connectivity index (χ0v) is 37.9. The molecule has 0 bridgehead atoms. The van der Waals surface area contributed by atoms with Gasteiger partial charge in [0.25, 0.3) is 0 Å². The summed E-state index contributed by atoms with van der Waals surface area (Å²) >= 11 is 0. The molecule has 312 valence electrons. The smallest absolute Gasteiger partial charge is 0.249 e. The van der Waals surface area contributed by atoms with Crippen LogP contribution in [0.2, 0.25) is 0 Å². The Balaban J connectivity index is 1.19. The Morgan fingerprint density at radius 2 is 1.03 bits per heavy atom. The van der Waals surface area contributed by atoms with Crippen molar-refractivity contribution in [2.45, 2.75) is 89.0 Å². The van der Waals surface area contributed by atoms with Crippen molar-refractivity contribution < 1.29 is 0 Å². The summed E-state index contributed by atoms with van der Waals surface area (Å²) in [5.41, 5.74) is 23.5. The van der Waals surface area contributed by atoms with E-state index in [4.69, 9.17) is 0 Å². The molecule has 1 saturated carbocycles. The van der Waals surface area contributed by atoms with Crippen LogP contribution >= 0.6 is 0 Å². The Morgan fingerprint density at radius 1 is 0.453 bits per heavy atom. The second kappa shape index (κ2) is 13.0. The Bertz CT molecular complexity index is 3180. The Kier molecular flexibility index (Phi) is 7.74. The number of fused-ring (bicyclic) bond motifs is 9. The second-order valence-electron chi connectivity index (χ2n) is 20.8. The van der Waals surface area contributed by atoms with Crippen molar-refractivity contribution in [3.8, 4) is 11.1 Å². The average molecular weight is 828 g/mol. The molecule has 64 heavy (non-hydrogen) atoms. The summed E-state index contributed by atoms with van der Waals surface area (Å²) < 4.78 is 0. The fourth-order valence-corrected chi connectivity index (χ4v) is 13.9. The molecule has 3 nitrogen and oxygen atoms in total. The number of anilines is 6. The molecule has 0 spiro atoms. The van der Waals surface area contributed by atoms with E-state index in [9.17, 15) is 0 Å². The summed E-state index contributed by atoms with van der Waals surface area (Å²) in [4.78, 5) is 8.18. The zero-order chi connectivity index (χ0) is 43.3. The van der Waals surface area contributed by atoms with Gasteiger partial charge in [-0.1, -0.05) is 180 Å². The minimum Gasteiger partial charge on any atom is -0.334 e. The maximum Gasteiger partial charge on any atom is 0.249 e. The van der Waals surface area contributed by atoms with Gasteiger partial charge in [-0.3, -0.25) is 0 Å². The van der Waals surface area contributed by atoms with Crippen LogP contribution in [0.5, 0.6) is 0 Å².